The van der Waals surface area contributed by atoms with Gasteiger partial charge in [0.05, 0.1) is 26.4 Å². The van der Waals surface area contributed by atoms with Crippen molar-refractivity contribution in [2.45, 2.75) is 12.6 Å². The fourth-order valence-corrected chi connectivity index (χ4v) is 12.5. The van der Waals surface area contributed by atoms with Crippen LogP contribution in [0.2, 0.25) is 0 Å². The van der Waals surface area contributed by atoms with Crippen LogP contribution in [0.5, 0.6) is 0 Å². The van der Waals surface area contributed by atoms with Crippen LogP contribution in [0.1, 0.15) is 23.7 Å². The number of rotatable bonds is 9. The van der Waals surface area contributed by atoms with Crippen LogP contribution in [0, 0.1) is 0 Å². The van der Waals surface area contributed by atoms with Gasteiger partial charge in [-0.1, -0.05) is 109 Å². The minimum atomic E-state index is -3.29. The van der Waals surface area contributed by atoms with E-state index >= 15 is 9.13 Å². The lowest BCUT2D eigenvalue weighted by Crippen LogP contribution is -2.28. The first-order chi connectivity index (χ1) is 19.6. The molecule has 0 bridgehead atoms. The van der Waals surface area contributed by atoms with Crippen molar-refractivity contribution in [3.8, 4) is 0 Å². The molecule has 0 spiro atoms. The van der Waals surface area contributed by atoms with Crippen LogP contribution < -0.4 is 21.2 Å². The molecule has 6 nitrogen and oxygen atoms in total. The Morgan fingerprint density at radius 3 is 1.18 bits per heavy atom. The fraction of sp³-hybridized carbons (Fsp3) is 0.250. The molecule has 2 saturated heterocycles. The van der Waals surface area contributed by atoms with Gasteiger partial charge in [-0.3, -0.25) is 0 Å². The fourth-order valence-electron chi connectivity index (χ4n) is 5.50. The Morgan fingerprint density at radius 2 is 0.800 bits per heavy atom. The van der Waals surface area contributed by atoms with Gasteiger partial charge in [-0.2, -0.15) is 0 Å². The molecule has 0 aliphatic carbocycles. The summed E-state index contributed by atoms with van der Waals surface area (Å²) in [4.78, 5) is 0. The lowest BCUT2D eigenvalue weighted by atomic mass is 10.2. The third-order valence-corrected chi connectivity index (χ3v) is 14.2. The first-order valence-electron chi connectivity index (χ1n) is 13.5. The Hall–Kier alpha value is -2.82. The van der Waals surface area contributed by atoms with E-state index in [1.165, 1.54) is 0 Å². The number of hydrogen-bond donors (Lipinski definition) is 0. The SMILES string of the molecule is O=[P@](CC[P@@](=O)(c1ccccc1)c1ccccc1C1OCCO1)(c1ccccc1)c1ccccc1C1OCCO1. The smallest absolute Gasteiger partial charge is 0.184 e. The molecule has 0 saturated carbocycles. The Balaban J connectivity index is 1.47. The monoisotopic (exact) mass is 574 g/mol. The minimum absolute atomic E-state index is 0.202. The van der Waals surface area contributed by atoms with Gasteiger partial charge in [0, 0.05) is 44.7 Å². The van der Waals surface area contributed by atoms with E-state index in [4.69, 9.17) is 18.9 Å². The molecule has 0 aromatic heterocycles. The molecule has 6 rings (SSSR count). The summed E-state index contributed by atoms with van der Waals surface area (Å²) in [5.41, 5.74) is 1.52. The number of benzene rings is 4. The standard InChI is InChI=1S/C32H32O6P2/c33-39(25-11-3-1-4-12-25,29-17-9-7-15-27(29)31-35-19-20-36-31)23-24-40(34,26-13-5-2-6-14-26)30-18-10-8-16-28(30)32-37-21-22-38-32/h1-18,31-32H,19-24H2/t39-,40-/m1/s1. The highest BCUT2D eigenvalue weighted by Gasteiger charge is 2.39. The van der Waals surface area contributed by atoms with E-state index in [-0.39, 0.29) is 12.3 Å². The van der Waals surface area contributed by atoms with Gasteiger partial charge in [0.1, 0.15) is 14.3 Å². The van der Waals surface area contributed by atoms with Crippen molar-refractivity contribution in [3.63, 3.8) is 0 Å². The molecule has 2 heterocycles. The summed E-state index contributed by atoms with van der Waals surface area (Å²) in [6.45, 7) is 1.94. The van der Waals surface area contributed by atoms with E-state index in [0.717, 1.165) is 21.7 Å². The van der Waals surface area contributed by atoms with Gasteiger partial charge in [0.2, 0.25) is 0 Å². The molecule has 2 atom stereocenters. The highest BCUT2D eigenvalue weighted by Crippen LogP contribution is 2.53. The molecule has 2 aliphatic heterocycles. The summed E-state index contributed by atoms with van der Waals surface area (Å²) < 4.78 is 54.1. The zero-order valence-electron chi connectivity index (χ0n) is 22.1. The van der Waals surface area contributed by atoms with Gasteiger partial charge in [-0.15, -0.1) is 0 Å². The third-order valence-electron chi connectivity index (χ3n) is 7.48. The van der Waals surface area contributed by atoms with E-state index in [1.807, 2.05) is 109 Å². The molecule has 40 heavy (non-hydrogen) atoms. The second kappa shape index (κ2) is 12.0. The van der Waals surface area contributed by atoms with Gasteiger partial charge in [-0.25, -0.2) is 0 Å². The average Bonchev–Trinajstić information content (AvgIpc) is 3.76. The van der Waals surface area contributed by atoms with E-state index in [2.05, 4.69) is 0 Å². The summed E-state index contributed by atoms with van der Waals surface area (Å²) in [5.74, 6) is 0. The molecule has 4 aromatic carbocycles. The molecule has 2 fully saturated rings. The third kappa shape index (κ3) is 5.29. The summed E-state index contributed by atoms with van der Waals surface area (Å²) in [6.07, 6.45) is -0.750. The van der Waals surface area contributed by atoms with Gasteiger partial charge in [0.25, 0.3) is 0 Å². The topological polar surface area (TPSA) is 71.1 Å². The summed E-state index contributed by atoms with van der Waals surface area (Å²) in [6, 6.07) is 34.2. The lowest BCUT2D eigenvalue weighted by molar-refractivity contribution is -0.0435. The Bertz CT molecular complexity index is 1410. The zero-order valence-corrected chi connectivity index (χ0v) is 23.9. The van der Waals surface area contributed by atoms with E-state index in [0.29, 0.717) is 37.0 Å². The van der Waals surface area contributed by atoms with Crippen LogP contribution in [0.15, 0.2) is 109 Å². The Labute approximate surface area is 235 Å². The van der Waals surface area contributed by atoms with Crippen molar-refractivity contribution in [2.75, 3.05) is 38.8 Å². The van der Waals surface area contributed by atoms with Crippen LogP contribution >= 0.6 is 14.3 Å². The van der Waals surface area contributed by atoms with Gasteiger partial charge < -0.3 is 28.1 Å². The lowest BCUT2D eigenvalue weighted by Gasteiger charge is -2.28. The first kappa shape index (κ1) is 27.4. The first-order valence-corrected chi connectivity index (χ1v) is 17.3. The van der Waals surface area contributed by atoms with Crippen molar-refractivity contribution in [2.24, 2.45) is 0 Å². The van der Waals surface area contributed by atoms with E-state index in [9.17, 15) is 0 Å². The van der Waals surface area contributed by atoms with Crippen LogP contribution in [-0.2, 0) is 28.1 Å². The zero-order chi connectivity index (χ0) is 27.4. The molecule has 0 N–H and O–H groups in total. The maximum Gasteiger partial charge on any atom is 0.184 e. The Kier molecular flexibility index (Phi) is 8.18. The second-order valence-corrected chi connectivity index (χ2v) is 15.7. The molecular formula is C32H32O6P2. The molecule has 0 amide bonds. The highest BCUT2D eigenvalue weighted by molar-refractivity contribution is 7.82. The molecule has 8 heteroatoms. The second-order valence-electron chi connectivity index (χ2n) is 9.86. The maximum absolute atomic E-state index is 15.4. The van der Waals surface area contributed by atoms with Crippen molar-refractivity contribution >= 4 is 35.5 Å². The number of hydrogen-bond acceptors (Lipinski definition) is 6. The van der Waals surface area contributed by atoms with Gasteiger partial charge in [-0.05, 0) is 0 Å². The van der Waals surface area contributed by atoms with Crippen LogP contribution in [-0.4, -0.2) is 38.8 Å². The maximum atomic E-state index is 15.4. The van der Waals surface area contributed by atoms with E-state index < -0.39 is 26.9 Å². The predicted octanol–water partition coefficient (Wildman–Crippen LogP) is 5.11. The van der Waals surface area contributed by atoms with Crippen molar-refractivity contribution in [1.82, 2.24) is 0 Å². The molecule has 206 valence electrons. The van der Waals surface area contributed by atoms with Crippen LogP contribution in [0.25, 0.3) is 0 Å². The minimum Gasteiger partial charge on any atom is -0.346 e. The molecule has 0 radical (unpaired) electrons. The highest BCUT2D eigenvalue weighted by atomic mass is 31.2. The normalized spacial score (nSPS) is 19.3. The number of ether oxygens (including phenoxy) is 4. The Morgan fingerprint density at radius 1 is 0.475 bits per heavy atom. The average molecular weight is 575 g/mol. The summed E-state index contributed by atoms with van der Waals surface area (Å²) in [7, 11) is -6.57. The molecular weight excluding hydrogens is 542 g/mol. The predicted molar refractivity (Wildman–Crippen MR) is 159 cm³/mol. The molecule has 4 aromatic rings. The molecule has 2 aliphatic rings. The largest absolute Gasteiger partial charge is 0.346 e. The van der Waals surface area contributed by atoms with E-state index in [1.54, 1.807) is 0 Å². The van der Waals surface area contributed by atoms with Crippen molar-refractivity contribution in [1.29, 1.82) is 0 Å². The van der Waals surface area contributed by atoms with Crippen LogP contribution in [0.4, 0.5) is 0 Å². The van der Waals surface area contributed by atoms with Crippen molar-refractivity contribution < 1.29 is 28.1 Å². The quantitative estimate of drug-likeness (QED) is 0.259. The van der Waals surface area contributed by atoms with Crippen molar-refractivity contribution in [3.05, 3.63) is 120 Å². The van der Waals surface area contributed by atoms with Gasteiger partial charge >= 0.3 is 0 Å². The van der Waals surface area contributed by atoms with Crippen LogP contribution in [0.3, 0.4) is 0 Å². The molecule has 0 unspecified atom stereocenters. The van der Waals surface area contributed by atoms with Gasteiger partial charge in [0.15, 0.2) is 12.6 Å². The summed E-state index contributed by atoms with van der Waals surface area (Å²) >= 11 is 0. The summed E-state index contributed by atoms with van der Waals surface area (Å²) in [5, 5.41) is 2.80.